The van der Waals surface area contributed by atoms with Crippen molar-refractivity contribution in [2.24, 2.45) is 0 Å². The van der Waals surface area contributed by atoms with E-state index in [4.69, 9.17) is 21.1 Å². The summed E-state index contributed by atoms with van der Waals surface area (Å²) in [6.45, 7) is 6.70. The van der Waals surface area contributed by atoms with Gasteiger partial charge in [-0.3, -0.25) is 5.32 Å². The molecule has 0 bridgehead atoms. The number of nitrogens with one attached hydrogen (secondary N) is 2. The Labute approximate surface area is 154 Å². The number of aromatic nitrogens is 1. The Bertz CT molecular complexity index is 793. The van der Waals surface area contributed by atoms with E-state index >= 15 is 0 Å². The van der Waals surface area contributed by atoms with E-state index in [0.717, 1.165) is 5.56 Å². The summed E-state index contributed by atoms with van der Waals surface area (Å²) in [5, 5.41) is 8.60. The smallest absolute Gasteiger partial charge is 0.320 e. The van der Waals surface area contributed by atoms with E-state index in [2.05, 4.69) is 22.2 Å². The number of ether oxygens (including phenoxy) is 2. The van der Waals surface area contributed by atoms with Gasteiger partial charge in [0.05, 0.1) is 24.3 Å². The lowest BCUT2D eigenvalue weighted by atomic mass is 10.0. The first-order valence-electron chi connectivity index (χ1n) is 7.84. The molecule has 3 rings (SSSR count). The van der Waals surface area contributed by atoms with E-state index in [1.807, 2.05) is 19.1 Å². The number of halogens is 1. The van der Waals surface area contributed by atoms with Gasteiger partial charge in [0.15, 0.2) is 5.01 Å². The predicted molar refractivity (Wildman–Crippen MR) is 99.2 cm³/mol. The highest BCUT2D eigenvalue weighted by molar-refractivity contribution is 7.11. The number of rotatable bonds is 5. The van der Waals surface area contributed by atoms with Gasteiger partial charge in [0.25, 0.3) is 0 Å². The highest BCUT2D eigenvalue weighted by Crippen LogP contribution is 2.37. The molecule has 8 heteroatoms. The molecule has 132 valence electrons. The van der Waals surface area contributed by atoms with Crippen molar-refractivity contribution < 1.29 is 14.3 Å². The van der Waals surface area contributed by atoms with E-state index in [1.165, 1.54) is 11.3 Å². The first-order valence-corrected chi connectivity index (χ1v) is 9.10. The predicted octanol–water partition coefficient (Wildman–Crippen LogP) is 4.45. The minimum atomic E-state index is -0.336. The number of carbonyl (C=O) groups excluding carboxylic acids is 1. The second-order valence-corrected chi connectivity index (χ2v) is 6.61. The van der Waals surface area contributed by atoms with Gasteiger partial charge in [0, 0.05) is 17.4 Å². The molecule has 2 amide bonds. The number of amides is 2. The third-order valence-corrected chi connectivity index (χ3v) is 4.81. The average Bonchev–Trinajstić information content (AvgIpc) is 3.04. The van der Waals surface area contributed by atoms with Gasteiger partial charge in [0.2, 0.25) is 0 Å². The summed E-state index contributed by atoms with van der Waals surface area (Å²) in [5.74, 6) is 1.58. The van der Waals surface area contributed by atoms with Crippen LogP contribution in [0.15, 0.2) is 30.2 Å². The van der Waals surface area contributed by atoms with Gasteiger partial charge in [0.1, 0.15) is 17.3 Å². The molecule has 0 radical (unpaired) electrons. The molecule has 0 saturated carbocycles. The summed E-state index contributed by atoms with van der Waals surface area (Å²) in [6, 6.07) is 5.01. The van der Waals surface area contributed by atoms with Crippen molar-refractivity contribution in [3.8, 4) is 5.75 Å². The SMILES string of the molecule is C=C(OCC)c1nc(NC(=O)N[C@H]2CCOc3c(Cl)cccc32)cs1. The molecule has 0 saturated heterocycles. The molecule has 6 nitrogen and oxygen atoms in total. The third-order valence-electron chi connectivity index (χ3n) is 3.63. The molecule has 25 heavy (non-hydrogen) atoms. The molecular formula is C17H18ClN3O3S. The molecule has 2 aromatic rings. The maximum atomic E-state index is 12.3. The van der Waals surface area contributed by atoms with Crippen molar-refractivity contribution in [3.05, 3.63) is 45.8 Å². The summed E-state index contributed by atoms with van der Waals surface area (Å²) in [5.41, 5.74) is 0.873. The average molecular weight is 380 g/mol. The molecule has 0 aliphatic carbocycles. The molecule has 2 heterocycles. The summed E-state index contributed by atoms with van der Waals surface area (Å²) >= 11 is 7.51. The van der Waals surface area contributed by atoms with Crippen LogP contribution in [0.5, 0.6) is 5.75 Å². The Balaban J connectivity index is 1.64. The lowest BCUT2D eigenvalue weighted by Crippen LogP contribution is -2.35. The van der Waals surface area contributed by atoms with Gasteiger partial charge in [-0.1, -0.05) is 30.3 Å². The zero-order valence-corrected chi connectivity index (χ0v) is 15.2. The summed E-state index contributed by atoms with van der Waals surface area (Å²) in [7, 11) is 0. The Morgan fingerprint density at radius 1 is 1.56 bits per heavy atom. The monoisotopic (exact) mass is 379 g/mol. The maximum absolute atomic E-state index is 12.3. The first kappa shape index (κ1) is 17.6. The van der Waals surface area contributed by atoms with Gasteiger partial charge in [-0.25, -0.2) is 9.78 Å². The van der Waals surface area contributed by atoms with Gasteiger partial charge in [-0.15, -0.1) is 11.3 Å². The molecule has 2 N–H and O–H groups in total. The topological polar surface area (TPSA) is 72.5 Å². The number of para-hydroxylation sites is 1. The van der Waals surface area contributed by atoms with Gasteiger partial charge in [-0.2, -0.15) is 0 Å². The lowest BCUT2D eigenvalue weighted by Gasteiger charge is -2.27. The zero-order valence-electron chi connectivity index (χ0n) is 13.7. The normalized spacial score (nSPS) is 15.7. The lowest BCUT2D eigenvalue weighted by molar-refractivity contribution is 0.232. The Morgan fingerprint density at radius 2 is 2.40 bits per heavy atom. The largest absolute Gasteiger partial charge is 0.492 e. The van der Waals surface area contributed by atoms with Crippen LogP contribution < -0.4 is 15.4 Å². The molecule has 0 fully saturated rings. The van der Waals surface area contributed by atoms with Crippen molar-refractivity contribution in [1.82, 2.24) is 10.3 Å². The molecule has 1 aromatic carbocycles. The van der Waals surface area contributed by atoms with Crippen LogP contribution in [-0.2, 0) is 4.74 Å². The summed E-state index contributed by atoms with van der Waals surface area (Å²) < 4.78 is 10.9. The summed E-state index contributed by atoms with van der Waals surface area (Å²) in [4.78, 5) is 16.6. The van der Waals surface area contributed by atoms with Crippen molar-refractivity contribution in [1.29, 1.82) is 0 Å². The number of hydrogen-bond acceptors (Lipinski definition) is 5. The van der Waals surface area contributed by atoms with Crippen LogP contribution in [0.25, 0.3) is 5.76 Å². The second kappa shape index (κ2) is 7.76. The van der Waals surface area contributed by atoms with Gasteiger partial charge < -0.3 is 14.8 Å². The van der Waals surface area contributed by atoms with Crippen LogP contribution in [0.1, 0.15) is 30.0 Å². The van der Waals surface area contributed by atoms with Crippen LogP contribution in [0.3, 0.4) is 0 Å². The number of anilines is 1. The van der Waals surface area contributed by atoms with Crippen molar-refractivity contribution in [2.75, 3.05) is 18.5 Å². The van der Waals surface area contributed by atoms with Gasteiger partial charge in [-0.05, 0) is 13.0 Å². The molecule has 0 spiro atoms. The summed E-state index contributed by atoms with van der Waals surface area (Å²) in [6.07, 6.45) is 0.671. The molecule has 1 aliphatic heterocycles. The minimum absolute atomic E-state index is 0.168. The quantitative estimate of drug-likeness (QED) is 0.753. The fourth-order valence-electron chi connectivity index (χ4n) is 2.54. The minimum Gasteiger partial charge on any atom is -0.492 e. The standard InChI is InChI=1S/C17H18ClN3O3S/c1-3-23-10(2)16-20-14(9-25-16)21-17(22)19-13-7-8-24-15-11(13)5-4-6-12(15)18/h4-6,9,13H,2-3,7-8H2,1H3,(H2,19,21,22)/t13-/m0/s1. The maximum Gasteiger partial charge on any atom is 0.320 e. The number of thiazole rings is 1. The number of carbonyl (C=O) groups is 1. The Morgan fingerprint density at radius 3 is 3.20 bits per heavy atom. The third kappa shape index (κ3) is 4.05. The van der Waals surface area contributed by atoms with Crippen molar-refractivity contribution >= 4 is 40.5 Å². The van der Waals surface area contributed by atoms with Crippen LogP contribution >= 0.6 is 22.9 Å². The second-order valence-electron chi connectivity index (χ2n) is 5.34. The highest BCUT2D eigenvalue weighted by Gasteiger charge is 2.24. The van der Waals surface area contributed by atoms with E-state index in [9.17, 15) is 4.79 Å². The molecule has 1 aromatic heterocycles. The number of fused-ring (bicyclic) bond motifs is 1. The fraction of sp³-hybridized carbons (Fsp3) is 0.294. The van der Waals surface area contributed by atoms with Crippen molar-refractivity contribution in [3.63, 3.8) is 0 Å². The van der Waals surface area contributed by atoms with E-state index < -0.39 is 0 Å². The van der Waals surface area contributed by atoms with Crippen molar-refractivity contribution in [2.45, 2.75) is 19.4 Å². The van der Waals surface area contributed by atoms with E-state index in [-0.39, 0.29) is 12.1 Å². The number of nitrogens with zero attached hydrogens (tertiary/aromatic N) is 1. The Kier molecular flexibility index (Phi) is 5.45. The Hall–Kier alpha value is -2.25. The molecule has 1 atom stereocenters. The van der Waals surface area contributed by atoms with Crippen LogP contribution in [0.2, 0.25) is 5.02 Å². The number of benzene rings is 1. The van der Waals surface area contributed by atoms with E-state index in [1.54, 1.807) is 11.4 Å². The molecule has 1 aliphatic rings. The van der Waals surface area contributed by atoms with Gasteiger partial charge >= 0.3 is 6.03 Å². The van der Waals surface area contributed by atoms with Crippen LogP contribution in [0.4, 0.5) is 10.6 Å². The first-order chi connectivity index (χ1) is 12.1. The van der Waals surface area contributed by atoms with Crippen LogP contribution in [-0.4, -0.2) is 24.2 Å². The number of hydrogen-bond donors (Lipinski definition) is 2. The molecule has 0 unspecified atom stereocenters. The molecular weight excluding hydrogens is 362 g/mol. The van der Waals surface area contributed by atoms with Crippen LogP contribution in [0, 0.1) is 0 Å². The number of urea groups is 1. The zero-order chi connectivity index (χ0) is 17.8. The highest BCUT2D eigenvalue weighted by atomic mass is 35.5. The van der Waals surface area contributed by atoms with E-state index in [0.29, 0.717) is 47.0 Å². The fourth-order valence-corrected chi connectivity index (χ4v) is 3.46.